The molecule has 1 rings (SSSR count). The first-order valence-corrected chi connectivity index (χ1v) is 6.30. The molecule has 6 heteroatoms. The van der Waals surface area contributed by atoms with Crippen LogP contribution < -0.4 is 10.5 Å². The van der Waals surface area contributed by atoms with Crippen LogP contribution in [0.4, 0.5) is 4.39 Å². The van der Waals surface area contributed by atoms with Crippen molar-refractivity contribution in [2.45, 2.75) is 13.3 Å². The molecule has 0 radical (unpaired) electrons. The highest BCUT2D eigenvalue weighted by molar-refractivity contribution is 9.10. The molecule has 0 saturated carbocycles. The van der Waals surface area contributed by atoms with Crippen molar-refractivity contribution in [1.29, 1.82) is 0 Å². The first-order chi connectivity index (χ1) is 8.45. The number of rotatable bonds is 6. The van der Waals surface area contributed by atoms with E-state index in [0.29, 0.717) is 19.6 Å². The molecule has 0 heterocycles. The Bertz CT molecular complexity index is 440. The lowest BCUT2D eigenvalue weighted by Gasteiger charge is -2.12. The minimum absolute atomic E-state index is 0.0346. The van der Waals surface area contributed by atoms with Crippen LogP contribution in [0.2, 0.25) is 0 Å². The van der Waals surface area contributed by atoms with Crippen molar-refractivity contribution in [1.82, 2.24) is 0 Å². The fraction of sp³-hybridized carbons (Fsp3) is 0.417. The van der Waals surface area contributed by atoms with Gasteiger partial charge in [0.2, 0.25) is 0 Å². The number of hydrogen-bond acceptors (Lipinski definition) is 3. The Hall–Kier alpha value is -1.14. The van der Waals surface area contributed by atoms with Gasteiger partial charge in [-0.15, -0.1) is 0 Å². The summed E-state index contributed by atoms with van der Waals surface area (Å²) in [5.41, 5.74) is 5.39. The number of nitrogens with two attached hydrogens (primary N) is 1. The second-order valence-corrected chi connectivity index (χ2v) is 4.90. The van der Waals surface area contributed by atoms with Gasteiger partial charge in [-0.1, -0.05) is 6.92 Å². The summed E-state index contributed by atoms with van der Waals surface area (Å²) in [6, 6.07) is 2.26. The Morgan fingerprint density at radius 1 is 1.61 bits per heavy atom. The van der Waals surface area contributed by atoms with Gasteiger partial charge in [-0.3, -0.25) is 0 Å². The summed E-state index contributed by atoms with van der Waals surface area (Å²) >= 11 is 2.94. The van der Waals surface area contributed by atoms with Gasteiger partial charge in [-0.25, -0.2) is 9.18 Å². The van der Waals surface area contributed by atoms with E-state index in [1.165, 1.54) is 6.07 Å². The summed E-state index contributed by atoms with van der Waals surface area (Å²) in [5, 5.41) is 8.99. The average Bonchev–Trinajstić information content (AvgIpc) is 2.32. The van der Waals surface area contributed by atoms with Gasteiger partial charge in [0.25, 0.3) is 0 Å². The van der Waals surface area contributed by atoms with Crippen LogP contribution in [-0.4, -0.2) is 24.2 Å². The van der Waals surface area contributed by atoms with E-state index >= 15 is 0 Å². The summed E-state index contributed by atoms with van der Waals surface area (Å²) in [7, 11) is 0. The van der Waals surface area contributed by atoms with Gasteiger partial charge >= 0.3 is 5.97 Å². The zero-order chi connectivity index (χ0) is 13.7. The van der Waals surface area contributed by atoms with Gasteiger partial charge in [0.1, 0.15) is 17.1 Å². The third kappa shape index (κ3) is 3.96. The molecule has 100 valence electrons. The molecule has 0 saturated heterocycles. The zero-order valence-electron chi connectivity index (χ0n) is 9.95. The van der Waals surface area contributed by atoms with E-state index < -0.39 is 11.8 Å². The quantitative estimate of drug-likeness (QED) is 0.845. The molecule has 0 spiro atoms. The molecule has 0 fully saturated rings. The Morgan fingerprint density at radius 2 is 2.28 bits per heavy atom. The van der Waals surface area contributed by atoms with Crippen LogP contribution in [0.15, 0.2) is 16.6 Å². The van der Waals surface area contributed by atoms with Crippen molar-refractivity contribution in [3.8, 4) is 5.75 Å². The van der Waals surface area contributed by atoms with Crippen LogP contribution in [0.3, 0.4) is 0 Å². The Balaban J connectivity index is 2.80. The van der Waals surface area contributed by atoms with E-state index in [1.807, 2.05) is 6.92 Å². The van der Waals surface area contributed by atoms with Crippen molar-refractivity contribution in [3.63, 3.8) is 0 Å². The van der Waals surface area contributed by atoms with Gasteiger partial charge in [0.15, 0.2) is 0 Å². The summed E-state index contributed by atoms with van der Waals surface area (Å²) in [5.74, 6) is -1.40. The molecule has 1 atom stereocenters. The van der Waals surface area contributed by atoms with Crippen LogP contribution in [0.5, 0.6) is 5.75 Å². The summed E-state index contributed by atoms with van der Waals surface area (Å²) < 4.78 is 18.7. The molecule has 3 N–H and O–H groups in total. The number of carbonyl (C=O) groups is 1. The molecular weight excluding hydrogens is 305 g/mol. The third-order valence-electron chi connectivity index (χ3n) is 2.52. The van der Waals surface area contributed by atoms with E-state index in [4.69, 9.17) is 15.6 Å². The van der Waals surface area contributed by atoms with Crippen molar-refractivity contribution < 1.29 is 19.0 Å². The molecule has 0 bridgehead atoms. The van der Waals surface area contributed by atoms with Crippen LogP contribution in [0.25, 0.3) is 0 Å². The molecule has 0 amide bonds. The molecule has 1 aromatic rings. The lowest BCUT2D eigenvalue weighted by Crippen LogP contribution is -2.14. The number of carboxylic acids is 1. The first kappa shape index (κ1) is 14.9. The topological polar surface area (TPSA) is 72.5 Å². The highest BCUT2D eigenvalue weighted by atomic mass is 79.9. The van der Waals surface area contributed by atoms with E-state index in [9.17, 15) is 9.18 Å². The van der Waals surface area contributed by atoms with Crippen LogP contribution in [-0.2, 0) is 0 Å². The fourth-order valence-electron chi connectivity index (χ4n) is 1.30. The Kier molecular flexibility index (Phi) is 5.55. The maximum Gasteiger partial charge on any atom is 0.339 e. The normalized spacial score (nSPS) is 12.2. The lowest BCUT2D eigenvalue weighted by atomic mass is 10.1. The van der Waals surface area contributed by atoms with Crippen molar-refractivity contribution >= 4 is 21.9 Å². The highest BCUT2D eigenvalue weighted by Crippen LogP contribution is 2.26. The molecule has 0 aliphatic heterocycles. The van der Waals surface area contributed by atoms with Crippen LogP contribution in [0.1, 0.15) is 23.7 Å². The second-order valence-electron chi connectivity index (χ2n) is 4.05. The van der Waals surface area contributed by atoms with Gasteiger partial charge in [0, 0.05) is 6.07 Å². The molecule has 0 aliphatic carbocycles. The van der Waals surface area contributed by atoms with Gasteiger partial charge in [-0.05, 0) is 40.9 Å². The maximum atomic E-state index is 13.3. The van der Waals surface area contributed by atoms with Crippen molar-refractivity contribution in [2.24, 2.45) is 11.7 Å². The highest BCUT2D eigenvalue weighted by Gasteiger charge is 2.15. The number of hydrogen-bond donors (Lipinski definition) is 2. The average molecular weight is 320 g/mol. The second kappa shape index (κ2) is 6.70. The molecule has 18 heavy (non-hydrogen) atoms. The zero-order valence-corrected chi connectivity index (χ0v) is 11.5. The number of carboxylic acid groups (broad SMARTS) is 1. The number of benzene rings is 1. The largest absolute Gasteiger partial charge is 0.493 e. The Morgan fingerprint density at radius 3 is 2.83 bits per heavy atom. The monoisotopic (exact) mass is 319 g/mol. The summed E-state index contributed by atoms with van der Waals surface area (Å²) in [6.07, 6.45) is 0.688. The third-order valence-corrected chi connectivity index (χ3v) is 3.13. The van der Waals surface area contributed by atoms with E-state index in [-0.39, 0.29) is 21.7 Å². The first-order valence-electron chi connectivity index (χ1n) is 5.51. The molecule has 1 aromatic carbocycles. The van der Waals surface area contributed by atoms with Crippen LogP contribution >= 0.6 is 15.9 Å². The number of ether oxygens (including phenoxy) is 1. The summed E-state index contributed by atoms with van der Waals surface area (Å²) in [4.78, 5) is 11.0. The molecule has 1 unspecified atom stereocenters. The number of aromatic carboxylic acids is 1. The Labute approximate surface area is 113 Å². The standard InChI is InChI=1S/C12H15BrFNO3/c1-7(6-15)2-3-18-11-5-10(14)9(13)4-8(11)12(16)17/h4-5,7H,2-3,6,15H2,1H3,(H,16,17). The van der Waals surface area contributed by atoms with E-state index in [2.05, 4.69) is 15.9 Å². The molecular formula is C12H15BrFNO3. The van der Waals surface area contributed by atoms with E-state index in [0.717, 1.165) is 6.07 Å². The minimum atomic E-state index is -1.16. The lowest BCUT2D eigenvalue weighted by molar-refractivity contribution is 0.0692. The van der Waals surface area contributed by atoms with E-state index in [1.54, 1.807) is 0 Å². The predicted octanol–water partition coefficient (Wildman–Crippen LogP) is 2.65. The van der Waals surface area contributed by atoms with Gasteiger partial charge in [-0.2, -0.15) is 0 Å². The van der Waals surface area contributed by atoms with Gasteiger partial charge < -0.3 is 15.6 Å². The van der Waals surface area contributed by atoms with Crippen molar-refractivity contribution in [2.75, 3.05) is 13.2 Å². The molecule has 0 aliphatic rings. The van der Waals surface area contributed by atoms with Crippen molar-refractivity contribution in [3.05, 3.63) is 28.0 Å². The molecule has 4 nitrogen and oxygen atoms in total. The van der Waals surface area contributed by atoms with Gasteiger partial charge in [0.05, 0.1) is 11.1 Å². The number of halogens is 2. The predicted molar refractivity (Wildman–Crippen MR) is 69.4 cm³/mol. The fourth-order valence-corrected chi connectivity index (χ4v) is 1.65. The molecule has 0 aromatic heterocycles. The smallest absolute Gasteiger partial charge is 0.339 e. The minimum Gasteiger partial charge on any atom is -0.493 e. The summed E-state index contributed by atoms with van der Waals surface area (Å²) in [6.45, 7) is 2.80. The SMILES string of the molecule is CC(CN)CCOc1cc(F)c(Br)cc1C(=O)O. The van der Waals surface area contributed by atoms with Crippen LogP contribution in [0, 0.1) is 11.7 Å². The maximum absolute atomic E-state index is 13.3.